The van der Waals surface area contributed by atoms with Gasteiger partial charge in [-0.15, -0.1) is 11.3 Å². The van der Waals surface area contributed by atoms with Crippen molar-refractivity contribution in [3.8, 4) is 10.4 Å². The van der Waals surface area contributed by atoms with Gasteiger partial charge in [-0.1, -0.05) is 12.1 Å². The van der Waals surface area contributed by atoms with Gasteiger partial charge in [0.2, 0.25) is 5.91 Å². The third kappa shape index (κ3) is 3.56. The van der Waals surface area contributed by atoms with Crippen LogP contribution in [0, 0.1) is 5.82 Å². The van der Waals surface area contributed by atoms with E-state index in [4.69, 9.17) is 0 Å². The van der Waals surface area contributed by atoms with Crippen LogP contribution in [0.25, 0.3) is 10.4 Å². The van der Waals surface area contributed by atoms with Gasteiger partial charge in [0.25, 0.3) is 0 Å². The number of pyridine rings is 1. The number of hydrogen-bond acceptors (Lipinski definition) is 3. The largest absolute Gasteiger partial charge is 0.325 e. The van der Waals surface area contributed by atoms with Gasteiger partial charge in [-0.3, -0.25) is 9.78 Å². The van der Waals surface area contributed by atoms with E-state index in [-0.39, 0.29) is 18.1 Å². The summed E-state index contributed by atoms with van der Waals surface area (Å²) in [5.74, 6) is -0.422. The minimum atomic E-state index is -0.302. The monoisotopic (exact) mass is 312 g/mol. The van der Waals surface area contributed by atoms with Gasteiger partial charge >= 0.3 is 0 Å². The molecule has 2 aromatic heterocycles. The molecule has 0 spiro atoms. The van der Waals surface area contributed by atoms with Crippen molar-refractivity contribution in [3.05, 3.63) is 71.6 Å². The lowest BCUT2D eigenvalue weighted by atomic mass is 10.1. The van der Waals surface area contributed by atoms with E-state index in [2.05, 4.69) is 10.3 Å². The first-order valence-corrected chi connectivity index (χ1v) is 7.62. The molecule has 2 heterocycles. The van der Waals surface area contributed by atoms with Gasteiger partial charge in [0.1, 0.15) is 5.82 Å². The number of anilines is 1. The quantitative estimate of drug-likeness (QED) is 0.787. The summed E-state index contributed by atoms with van der Waals surface area (Å²) in [6, 6.07) is 11.7. The number of nitrogens with zero attached hydrogens (tertiary/aromatic N) is 1. The molecule has 1 aromatic carbocycles. The second-order valence-electron chi connectivity index (χ2n) is 4.79. The van der Waals surface area contributed by atoms with Gasteiger partial charge in [-0.2, -0.15) is 0 Å². The predicted molar refractivity (Wildman–Crippen MR) is 86.3 cm³/mol. The molecule has 3 aromatic rings. The Bertz CT molecular complexity index is 769. The smallest absolute Gasteiger partial charge is 0.228 e. The van der Waals surface area contributed by atoms with Crippen molar-refractivity contribution in [3.63, 3.8) is 0 Å². The Morgan fingerprint density at radius 1 is 1.14 bits per heavy atom. The number of thiophene rings is 1. The van der Waals surface area contributed by atoms with Gasteiger partial charge in [0.15, 0.2) is 0 Å². The van der Waals surface area contributed by atoms with E-state index >= 15 is 0 Å². The molecule has 110 valence electrons. The van der Waals surface area contributed by atoms with Crippen LogP contribution < -0.4 is 5.32 Å². The van der Waals surface area contributed by atoms with Crippen LogP contribution in [0.2, 0.25) is 0 Å². The minimum Gasteiger partial charge on any atom is -0.325 e. The summed E-state index contributed by atoms with van der Waals surface area (Å²) >= 11 is 1.56. The molecule has 0 bridgehead atoms. The number of amides is 1. The highest BCUT2D eigenvalue weighted by Gasteiger charge is 2.07. The number of rotatable bonds is 4. The first-order chi connectivity index (χ1) is 10.7. The molecule has 0 saturated carbocycles. The second-order valence-corrected chi connectivity index (χ2v) is 5.70. The number of aromatic nitrogens is 1. The van der Waals surface area contributed by atoms with Crippen molar-refractivity contribution in [2.24, 2.45) is 0 Å². The summed E-state index contributed by atoms with van der Waals surface area (Å²) in [6.45, 7) is 0. The van der Waals surface area contributed by atoms with Crippen molar-refractivity contribution in [1.29, 1.82) is 0 Å². The van der Waals surface area contributed by atoms with Crippen LogP contribution in [-0.2, 0) is 11.2 Å². The lowest BCUT2D eigenvalue weighted by Gasteiger charge is -2.03. The Labute approximate surface area is 131 Å². The van der Waals surface area contributed by atoms with Crippen LogP contribution in [0.4, 0.5) is 10.1 Å². The van der Waals surface area contributed by atoms with E-state index in [1.54, 1.807) is 35.9 Å². The maximum Gasteiger partial charge on any atom is 0.228 e. The SMILES string of the molecule is O=C(Cc1ccc(F)cc1)Nc1csc(-c2ccncc2)c1. The maximum atomic E-state index is 12.8. The summed E-state index contributed by atoms with van der Waals surface area (Å²) in [7, 11) is 0. The number of hydrogen-bond donors (Lipinski definition) is 1. The van der Waals surface area contributed by atoms with E-state index in [0.29, 0.717) is 0 Å². The average Bonchev–Trinajstić information content (AvgIpc) is 2.99. The fourth-order valence-electron chi connectivity index (χ4n) is 2.06. The number of benzene rings is 1. The summed E-state index contributed by atoms with van der Waals surface area (Å²) in [5, 5.41) is 4.76. The van der Waals surface area contributed by atoms with Gasteiger partial charge in [0.05, 0.1) is 12.1 Å². The molecule has 3 nitrogen and oxygen atoms in total. The summed E-state index contributed by atoms with van der Waals surface area (Å²) in [6.07, 6.45) is 3.70. The Hall–Kier alpha value is -2.53. The van der Waals surface area contributed by atoms with Crippen LogP contribution in [0.1, 0.15) is 5.56 Å². The summed E-state index contributed by atoms with van der Waals surface area (Å²) in [5.41, 5.74) is 2.62. The standard InChI is InChI=1S/C17H13FN2OS/c18-14-3-1-12(2-4-14)9-17(21)20-15-10-16(22-11-15)13-5-7-19-8-6-13/h1-8,10-11H,9H2,(H,20,21). The summed E-state index contributed by atoms with van der Waals surface area (Å²) < 4.78 is 12.8. The number of halogens is 1. The Balaban J connectivity index is 1.65. The van der Waals surface area contributed by atoms with Crippen molar-refractivity contribution in [2.75, 3.05) is 5.32 Å². The molecule has 3 rings (SSSR count). The molecule has 1 N–H and O–H groups in total. The van der Waals surface area contributed by atoms with Crippen molar-refractivity contribution in [1.82, 2.24) is 4.98 Å². The van der Waals surface area contributed by atoms with Crippen LogP contribution >= 0.6 is 11.3 Å². The molecular formula is C17H13FN2OS. The highest BCUT2D eigenvalue weighted by molar-refractivity contribution is 7.14. The zero-order valence-corrected chi connectivity index (χ0v) is 12.4. The Morgan fingerprint density at radius 2 is 1.86 bits per heavy atom. The Morgan fingerprint density at radius 3 is 2.59 bits per heavy atom. The minimum absolute atomic E-state index is 0.120. The van der Waals surface area contributed by atoms with Gasteiger partial charge in [-0.05, 0) is 41.5 Å². The molecule has 0 fully saturated rings. The van der Waals surface area contributed by atoms with Crippen LogP contribution in [-0.4, -0.2) is 10.9 Å². The molecule has 0 unspecified atom stereocenters. The third-order valence-electron chi connectivity index (χ3n) is 3.13. The maximum absolute atomic E-state index is 12.8. The normalized spacial score (nSPS) is 10.4. The van der Waals surface area contributed by atoms with Crippen molar-refractivity contribution >= 4 is 22.9 Å². The average molecular weight is 312 g/mol. The molecule has 0 aliphatic rings. The molecular weight excluding hydrogens is 299 g/mol. The van der Waals surface area contributed by atoms with Crippen LogP contribution in [0.5, 0.6) is 0 Å². The van der Waals surface area contributed by atoms with E-state index in [1.807, 2.05) is 23.6 Å². The lowest BCUT2D eigenvalue weighted by molar-refractivity contribution is -0.115. The molecule has 0 saturated heterocycles. The van der Waals surface area contributed by atoms with E-state index in [9.17, 15) is 9.18 Å². The predicted octanol–water partition coefficient (Wildman–Crippen LogP) is 4.13. The molecule has 5 heteroatoms. The molecule has 0 aliphatic carbocycles. The van der Waals surface area contributed by atoms with Crippen LogP contribution in [0.15, 0.2) is 60.2 Å². The number of carbonyl (C=O) groups is 1. The van der Waals surface area contributed by atoms with Gasteiger partial charge in [-0.25, -0.2) is 4.39 Å². The van der Waals surface area contributed by atoms with Crippen molar-refractivity contribution < 1.29 is 9.18 Å². The zero-order chi connectivity index (χ0) is 15.4. The highest BCUT2D eigenvalue weighted by Crippen LogP contribution is 2.29. The highest BCUT2D eigenvalue weighted by atomic mass is 32.1. The number of nitrogens with one attached hydrogen (secondary N) is 1. The second kappa shape index (κ2) is 6.49. The topological polar surface area (TPSA) is 42.0 Å². The molecule has 0 aliphatic heterocycles. The van der Waals surface area contributed by atoms with Gasteiger partial charge in [0, 0.05) is 22.7 Å². The Kier molecular flexibility index (Phi) is 4.25. The molecule has 0 atom stereocenters. The van der Waals surface area contributed by atoms with Crippen molar-refractivity contribution in [2.45, 2.75) is 6.42 Å². The first kappa shape index (κ1) is 14.4. The lowest BCUT2D eigenvalue weighted by Crippen LogP contribution is -2.13. The third-order valence-corrected chi connectivity index (χ3v) is 4.11. The fourth-order valence-corrected chi connectivity index (χ4v) is 2.91. The zero-order valence-electron chi connectivity index (χ0n) is 11.6. The molecule has 1 amide bonds. The van der Waals surface area contributed by atoms with Crippen LogP contribution in [0.3, 0.4) is 0 Å². The van der Waals surface area contributed by atoms with E-state index in [0.717, 1.165) is 21.7 Å². The number of carbonyl (C=O) groups excluding carboxylic acids is 1. The fraction of sp³-hybridized carbons (Fsp3) is 0.0588. The molecule has 22 heavy (non-hydrogen) atoms. The van der Waals surface area contributed by atoms with Gasteiger partial charge < -0.3 is 5.32 Å². The first-order valence-electron chi connectivity index (χ1n) is 6.74. The van der Waals surface area contributed by atoms with E-state index in [1.165, 1.54) is 12.1 Å². The summed E-state index contributed by atoms with van der Waals surface area (Å²) in [4.78, 5) is 17.1. The molecule has 0 radical (unpaired) electrons. The van der Waals surface area contributed by atoms with E-state index < -0.39 is 0 Å².